The highest BCUT2D eigenvalue weighted by atomic mass is 16.6. The predicted molar refractivity (Wildman–Crippen MR) is 59.5 cm³/mol. The van der Waals surface area contributed by atoms with E-state index in [0.29, 0.717) is 0 Å². The number of carbonyl (C=O) groups is 2. The topological polar surface area (TPSA) is 116 Å². The van der Waals surface area contributed by atoms with Crippen molar-refractivity contribution < 1.29 is 19.4 Å². The molecular formula is C9H16N4O4. The fourth-order valence-electron chi connectivity index (χ4n) is 0.935. The second-order valence-corrected chi connectivity index (χ2v) is 4.25. The minimum Gasteiger partial charge on any atom is -0.480 e. The van der Waals surface area contributed by atoms with E-state index in [1.165, 1.54) is 0 Å². The third-order valence-electron chi connectivity index (χ3n) is 1.51. The lowest BCUT2D eigenvalue weighted by atomic mass is 10.2. The van der Waals surface area contributed by atoms with Crippen LogP contribution in [0.2, 0.25) is 0 Å². The molecule has 0 atom stereocenters. The van der Waals surface area contributed by atoms with Crippen molar-refractivity contribution in [1.29, 1.82) is 0 Å². The molecule has 0 radical (unpaired) electrons. The van der Waals surface area contributed by atoms with Crippen LogP contribution in [-0.2, 0) is 9.53 Å². The Labute approximate surface area is 98.8 Å². The molecule has 0 spiro atoms. The quantitative estimate of drug-likeness (QED) is 0.449. The number of azide groups is 1. The third kappa shape index (κ3) is 7.92. The second-order valence-electron chi connectivity index (χ2n) is 4.25. The van der Waals surface area contributed by atoms with Crippen LogP contribution < -0.4 is 0 Å². The highest BCUT2D eigenvalue weighted by Gasteiger charge is 2.23. The van der Waals surface area contributed by atoms with Gasteiger partial charge in [-0.05, 0) is 26.3 Å². The number of rotatable bonds is 5. The lowest BCUT2D eigenvalue weighted by molar-refractivity contribution is -0.138. The summed E-state index contributed by atoms with van der Waals surface area (Å²) in [6.07, 6.45) is -0.743. The van der Waals surface area contributed by atoms with Crippen molar-refractivity contribution in [2.45, 2.75) is 26.4 Å². The number of carboxylic acids is 1. The average Bonchev–Trinajstić information content (AvgIpc) is 2.13. The van der Waals surface area contributed by atoms with Crippen LogP contribution in [0.5, 0.6) is 0 Å². The van der Waals surface area contributed by atoms with Gasteiger partial charge in [0.05, 0.1) is 0 Å². The van der Waals surface area contributed by atoms with E-state index < -0.39 is 24.2 Å². The standard InChI is InChI=1S/C9H16N4O4/c1-9(2,3)17-8(16)13(6-7(14)15)5-4-11-12-10/h4-6H2,1-3H3,(H,14,15). The molecule has 17 heavy (non-hydrogen) atoms. The molecule has 0 aliphatic carbocycles. The maximum atomic E-state index is 11.6. The first-order valence-electron chi connectivity index (χ1n) is 4.97. The van der Waals surface area contributed by atoms with Crippen LogP contribution in [0, 0.1) is 0 Å². The van der Waals surface area contributed by atoms with E-state index in [1.54, 1.807) is 20.8 Å². The van der Waals surface area contributed by atoms with Gasteiger partial charge in [0.1, 0.15) is 12.1 Å². The zero-order valence-electron chi connectivity index (χ0n) is 10.1. The molecule has 0 heterocycles. The minimum absolute atomic E-state index is 0.00300. The molecule has 0 aliphatic rings. The van der Waals surface area contributed by atoms with E-state index in [9.17, 15) is 9.59 Å². The van der Waals surface area contributed by atoms with Gasteiger partial charge in [-0.25, -0.2) is 4.79 Å². The van der Waals surface area contributed by atoms with Crippen molar-refractivity contribution in [2.24, 2.45) is 5.11 Å². The number of carboxylic acid groups (broad SMARTS) is 1. The Hall–Kier alpha value is -1.95. The Morgan fingerprint density at radius 3 is 2.47 bits per heavy atom. The van der Waals surface area contributed by atoms with Gasteiger partial charge in [0.2, 0.25) is 0 Å². The molecule has 0 fully saturated rings. The molecule has 8 heteroatoms. The molecule has 96 valence electrons. The average molecular weight is 244 g/mol. The first-order chi connectivity index (χ1) is 7.76. The number of hydrogen-bond acceptors (Lipinski definition) is 4. The Balaban J connectivity index is 4.49. The van der Waals surface area contributed by atoms with Crippen LogP contribution in [-0.4, -0.2) is 47.3 Å². The van der Waals surface area contributed by atoms with Crippen LogP contribution in [0.4, 0.5) is 4.79 Å². The molecule has 0 unspecified atom stereocenters. The summed E-state index contributed by atoms with van der Waals surface area (Å²) < 4.78 is 5.02. The summed E-state index contributed by atoms with van der Waals surface area (Å²) in [7, 11) is 0. The van der Waals surface area contributed by atoms with E-state index in [-0.39, 0.29) is 13.1 Å². The van der Waals surface area contributed by atoms with Crippen LogP contribution >= 0.6 is 0 Å². The van der Waals surface area contributed by atoms with Crippen LogP contribution in [0.1, 0.15) is 20.8 Å². The fraction of sp³-hybridized carbons (Fsp3) is 0.778. The third-order valence-corrected chi connectivity index (χ3v) is 1.51. The van der Waals surface area contributed by atoms with Gasteiger partial charge in [0, 0.05) is 18.0 Å². The number of nitrogens with zero attached hydrogens (tertiary/aromatic N) is 4. The molecule has 0 saturated carbocycles. The molecule has 8 nitrogen and oxygen atoms in total. The van der Waals surface area contributed by atoms with Crippen LogP contribution in [0.25, 0.3) is 10.4 Å². The van der Waals surface area contributed by atoms with Crippen molar-refractivity contribution in [3.8, 4) is 0 Å². The van der Waals surface area contributed by atoms with Crippen LogP contribution in [0.3, 0.4) is 0 Å². The normalized spacial score (nSPS) is 10.3. The van der Waals surface area contributed by atoms with Gasteiger partial charge >= 0.3 is 12.1 Å². The van der Waals surface area contributed by atoms with Gasteiger partial charge in [-0.1, -0.05) is 5.11 Å². The van der Waals surface area contributed by atoms with Crippen molar-refractivity contribution in [3.63, 3.8) is 0 Å². The van der Waals surface area contributed by atoms with Crippen molar-refractivity contribution in [3.05, 3.63) is 10.4 Å². The Morgan fingerprint density at radius 2 is 2.06 bits per heavy atom. The molecule has 0 saturated heterocycles. The summed E-state index contributed by atoms with van der Waals surface area (Å²) in [6.45, 7) is 4.55. The van der Waals surface area contributed by atoms with Crippen LogP contribution in [0.15, 0.2) is 5.11 Å². The van der Waals surface area contributed by atoms with E-state index in [1.807, 2.05) is 0 Å². The van der Waals surface area contributed by atoms with Gasteiger partial charge in [0.25, 0.3) is 0 Å². The van der Waals surface area contributed by atoms with Gasteiger partial charge in [-0.15, -0.1) is 0 Å². The summed E-state index contributed by atoms with van der Waals surface area (Å²) >= 11 is 0. The number of amides is 1. The summed E-state index contributed by atoms with van der Waals surface area (Å²) in [6, 6.07) is 0. The SMILES string of the molecule is CC(C)(C)OC(=O)N(CCN=[N+]=[N-])CC(=O)O. The van der Waals surface area contributed by atoms with Gasteiger partial charge in [-0.2, -0.15) is 0 Å². The van der Waals surface area contributed by atoms with Gasteiger partial charge in [-0.3, -0.25) is 9.69 Å². The second kappa shape index (κ2) is 6.59. The molecule has 0 aromatic carbocycles. The van der Waals surface area contributed by atoms with Crippen molar-refractivity contribution in [2.75, 3.05) is 19.6 Å². The lowest BCUT2D eigenvalue weighted by Crippen LogP contribution is -2.41. The smallest absolute Gasteiger partial charge is 0.410 e. The molecule has 0 aromatic rings. The molecule has 1 N–H and O–H groups in total. The van der Waals surface area contributed by atoms with Crippen molar-refractivity contribution >= 4 is 12.1 Å². The van der Waals surface area contributed by atoms with E-state index in [2.05, 4.69) is 10.0 Å². The highest BCUT2D eigenvalue weighted by Crippen LogP contribution is 2.09. The minimum atomic E-state index is -1.16. The highest BCUT2D eigenvalue weighted by molar-refractivity contribution is 5.76. The predicted octanol–water partition coefficient (Wildman–Crippen LogP) is 1.62. The molecule has 0 bridgehead atoms. The lowest BCUT2D eigenvalue weighted by Gasteiger charge is -2.25. The number of carbonyl (C=O) groups excluding carboxylic acids is 1. The Bertz CT molecular complexity index is 330. The number of hydrogen-bond donors (Lipinski definition) is 1. The zero-order valence-corrected chi connectivity index (χ0v) is 10.1. The Morgan fingerprint density at radius 1 is 1.47 bits per heavy atom. The van der Waals surface area contributed by atoms with E-state index in [0.717, 1.165) is 4.90 Å². The summed E-state index contributed by atoms with van der Waals surface area (Å²) in [5, 5.41) is 11.9. The summed E-state index contributed by atoms with van der Waals surface area (Å²) in [5.41, 5.74) is 7.39. The Kier molecular flexibility index (Phi) is 5.84. The summed E-state index contributed by atoms with van der Waals surface area (Å²) in [5.74, 6) is -1.16. The van der Waals surface area contributed by atoms with Gasteiger partial charge in [0.15, 0.2) is 0 Å². The largest absolute Gasteiger partial charge is 0.480 e. The first-order valence-corrected chi connectivity index (χ1v) is 4.97. The van der Waals surface area contributed by atoms with Crippen molar-refractivity contribution in [1.82, 2.24) is 4.90 Å². The summed E-state index contributed by atoms with van der Waals surface area (Å²) in [4.78, 5) is 25.6. The molecule has 0 rings (SSSR count). The maximum Gasteiger partial charge on any atom is 0.410 e. The number of aliphatic carboxylic acids is 1. The van der Waals surface area contributed by atoms with E-state index in [4.69, 9.17) is 15.4 Å². The fourth-order valence-corrected chi connectivity index (χ4v) is 0.935. The molecule has 1 amide bonds. The molecular weight excluding hydrogens is 228 g/mol. The van der Waals surface area contributed by atoms with E-state index >= 15 is 0 Å². The zero-order chi connectivity index (χ0) is 13.5. The maximum absolute atomic E-state index is 11.6. The first kappa shape index (κ1) is 15.0. The monoisotopic (exact) mass is 244 g/mol. The molecule has 0 aliphatic heterocycles. The number of ether oxygens (including phenoxy) is 1. The molecule has 0 aromatic heterocycles. The van der Waals surface area contributed by atoms with Gasteiger partial charge < -0.3 is 9.84 Å².